The summed E-state index contributed by atoms with van der Waals surface area (Å²) in [5, 5.41) is 0.848. The Kier molecular flexibility index (Phi) is 4.83. The molecule has 0 heterocycles. The van der Waals surface area contributed by atoms with Crippen molar-refractivity contribution in [3.63, 3.8) is 0 Å². The van der Waals surface area contributed by atoms with Crippen LogP contribution in [0, 0.1) is 0 Å². The molecule has 4 heteroatoms. The van der Waals surface area contributed by atoms with Crippen molar-refractivity contribution in [1.82, 2.24) is 0 Å². The number of hydrogen-bond donors (Lipinski definition) is 0. The molecule has 0 bridgehead atoms. The predicted molar refractivity (Wildman–Crippen MR) is 82.8 cm³/mol. The third kappa shape index (κ3) is 3.62. The minimum absolute atomic E-state index is 0.172. The Hall–Kier alpha value is -1.77. The number of halogens is 2. The summed E-state index contributed by atoms with van der Waals surface area (Å²) in [6.07, 6.45) is 3.19. The van der Waals surface area contributed by atoms with Crippen LogP contribution in [0.5, 0.6) is 5.75 Å². The number of rotatable bonds is 4. The molecule has 0 atom stereocenters. The molecule has 20 heavy (non-hydrogen) atoms. The molecular formula is C16H12Cl2O2. The fourth-order valence-electron chi connectivity index (χ4n) is 1.70. The maximum Gasteiger partial charge on any atom is 0.187 e. The van der Waals surface area contributed by atoms with Crippen molar-refractivity contribution in [1.29, 1.82) is 0 Å². The molecule has 0 N–H and O–H groups in total. The molecule has 2 rings (SSSR count). The van der Waals surface area contributed by atoms with Crippen molar-refractivity contribution in [2.75, 3.05) is 7.11 Å². The van der Waals surface area contributed by atoms with E-state index in [9.17, 15) is 4.79 Å². The molecule has 0 aliphatic rings. The van der Waals surface area contributed by atoms with Crippen LogP contribution in [0.1, 0.15) is 15.9 Å². The second-order valence-electron chi connectivity index (χ2n) is 4.10. The number of allylic oxidation sites excluding steroid dienone is 1. The van der Waals surface area contributed by atoms with Gasteiger partial charge in [-0.25, -0.2) is 0 Å². The minimum atomic E-state index is -0.172. The maximum atomic E-state index is 12.1. The number of carbonyl (C=O) groups is 1. The molecule has 0 aliphatic carbocycles. The molecule has 2 aromatic rings. The summed E-state index contributed by atoms with van der Waals surface area (Å²) >= 11 is 11.8. The SMILES string of the molecule is COc1cccc(C=CC(=O)c2ccc(Cl)cc2Cl)c1. The van der Waals surface area contributed by atoms with Gasteiger partial charge in [0.05, 0.1) is 12.1 Å². The zero-order valence-electron chi connectivity index (χ0n) is 10.8. The summed E-state index contributed by atoms with van der Waals surface area (Å²) in [6, 6.07) is 12.2. The Morgan fingerprint density at radius 1 is 1.15 bits per heavy atom. The van der Waals surface area contributed by atoms with Gasteiger partial charge in [0, 0.05) is 10.6 Å². The molecule has 0 amide bonds. The van der Waals surface area contributed by atoms with Crippen LogP contribution in [-0.4, -0.2) is 12.9 Å². The summed E-state index contributed by atoms with van der Waals surface area (Å²) < 4.78 is 5.12. The number of ether oxygens (including phenoxy) is 1. The van der Waals surface area contributed by atoms with Crippen molar-refractivity contribution in [2.24, 2.45) is 0 Å². The van der Waals surface area contributed by atoms with E-state index in [4.69, 9.17) is 27.9 Å². The highest BCUT2D eigenvalue weighted by atomic mass is 35.5. The van der Waals surface area contributed by atoms with Crippen LogP contribution in [0.2, 0.25) is 10.0 Å². The highest BCUT2D eigenvalue weighted by Gasteiger charge is 2.07. The molecule has 0 fully saturated rings. The van der Waals surface area contributed by atoms with E-state index >= 15 is 0 Å². The first-order valence-electron chi connectivity index (χ1n) is 5.91. The van der Waals surface area contributed by atoms with Crippen LogP contribution in [0.4, 0.5) is 0 Å². The minimum Gasteiger partial charge on any atom is -0.497 e. The lowest BCUT2D eigenvalue weighted by Crippen LogP contribution is -1.95. The molecule has 0 saturated heterocycles. The smallest absolute Gasteiger partial charge is 0.187 e. The Bertz CT molecular complexity index is 663. The molecule has 102 valence electrons. The molecule has 0 aromatic heterocycles. The van der Waals surface area contributed by atoms with Gasteiger partial charge in [-0.1, -0.05) is 41.4 Å². The van der Waals surface area contributed by atoms with Crippen molar-refractivity contribution < 1.29 is 9.53 Å². The summed E-state index contributed by atoms with van der Waals surface area (Å²) in [4.78, 5) is 12.1. The van der Waals surface area contributed by atoms with Crippen LogP contribution < -0.4 is 4.74 Å². The topological polar surface area (TPSA) is 26.3 Å². The average molecular weight is 307 g/mol. The Labute approximate surface area is 127 Å². The molecule has 0 spiro atoms. The lowest BCUT2D eigenvalue weighted by atomic mass is 10.1. The van der Waals surface area contributed by atoms with E-state index in [1.807, 2.05) is 24.3 Å². The normalized spacial score (nSPS) is 10.8. The van der Waals surface area contributed by atoms with Crippen molar-refractivity contribution in [2.45, 2.75) is 0 Å². The van der Waals surface area contributed by atoms with Crippen molar-refractivity contribution in [3.8, 4) is 5.75 Å². The van der Waals surface area contributed by atoms with Crippen molar-refractivity contribution >= 4 is 35.1 Å². The van der Waals surface area contributed by atoms with Crippen LogP contribution in [-0.2, 0) is 0 Å². The number of ketones is 1. The lowest BCUT2D eigenvalue weighted by Gasteiger charge is -2.01. The van der Waals surface area contributed by atoms with E-state index in [-0.39, 0.29) is 5.78 Å². The van der Waals surface area contributed by atoms with Gasteiger partial charge >= 0.3 is 0 Å². The summed E-state index contributed by atoms with van der Waals surface area (Å²) in [5.41, 5.74) is 1.30. The second kappa shape index (κ2) is 6.60. The standard InChI is InChI=1S/C16H12Cl2O2/c1-20-13-4-2-3-11(9-13)5-8-16(19)14-7-6-12(17)10-15(14)18/h2-10H,1H3. The number of benzene rings is 2. The molecule has 0 saturated carbocycles. The number of carbonyl (C=O) groups excluding carboxylic acids is 1. The first kappa shape index (κ1) is 14.6. The molecule has 2 nitrogen and oxygen atoms in total. The Balaban J connectivity index is 2.20. The summed E-state index contributed by atoms with van der Waals surface area (Å²) in [6.45, 7) is 0. The zero-order valence-corrected chi connectivity index (χ0v) is 12.3. The second-order valence-corrected chi connectivity index (χ2v) is 4.94. The van der Waals surface area contributed by atoms with Crippen LogP contribution >= 0.6 is 23.2 Å². The van der Waals surface area contributed by atoms with E-state index in [1.54, 1.807) is 31.4 Å². The van der Waals surface area contributed by atoms with Crippen LogP contribution in [0.15, 0.2) is 48.5 Å². The van der Waals surface area contributed by atoms with Gasteiger partial charge in [0.2, 0.25) is 0 Å². The first-order valence-corrected chi connectivity index (χ1v) is 6.67. The Morgan fingerprint density at radius 3 is 2.65 bits per heavy atom. The van der Waals surface area contributed by atoms with Gasteiger partial charge in [-0.15, -0.1) is 0 Å². The van der Waals surface area contributed by atoms with E-state index in [0.717, 1.165) is 11.3 Å². The Morgan fingerprint density at radius 2 is 1.95 bits per heavy atom. The van der Waals surface area contributed by atoms with Crippen molar-refractivity contribution in [3.05, 3.63) is 69.7 Å². The lowest BCUT2D eigenvalue weighted by molar-refractivity contribution is 0.104. The largest absolute Gasteiger partial charge is 0.497 e. The highest BCUT2D eigenvalue weighted by molar-refractivity contribution is 6.37. The quantitative estimate of drug-likeness (QED) is 0.593. The molecule has 0 aliphatic heterocycles. The van der Waals surface area contributed by atoms with Gasteiger partial charge in [-0.2, -0.15) is 0 Å². The van der Waals surface area contributed by atoms with Crippen LogP contribution in [0.25, 0.3) is 6.08 Å². The van der Waals surface area contributed by atoms with Gasteiger partial charge in [-0.05, 0) is 42.0 Å². The third-order valence-electron chi connectivity index (χ3n) is 2.72. The average Bonchev–Trinajstić information content (AvgIpc) is 2.45. The van der Waals surface area contributed by atoms with Gasteiger partial charge in [-0.3, -0.25) is 4.79 Å². The number of methoxy groups -OCH3 is 1. The monoisotopic (exact) mass is 306 g/mol. The summed E-state index contributed by atoms with van der Waals surface area (Å²) in [7, 11) is 1.60. The first-order chi connectivity index (χ1) is 9.60. The number of hydrogen-bond acceptors (Lipinski definition) is 2. The van der Waals surface area contributed by atoms with Crippen LogP contribution in [0.3, 0.4) is 0 Å². The fourth-order valence-corrected chi connectivity index (χ4v) is 2.20. The maximum absolute atomic E-state index is 12.1. The molecule has 2 aromatic carbocycles. The molecule has 0 radical (unpaired) electrons. The predicted octanol–water partition coefficient (Wildman–Crippen LogP) is 4.90. The van der Waals surface area contributed by atoms with E-state index < -0.39 is 0 Å². The van der Waals surface area contributed by atoms with Gasteiger partial charge < -0.3 is 4.74 Å². The van der Waals surface area contributed by atoms with E-state index in [0.29, 0.717) is 15.6 Å². The molecule has 0 unspecified atom stereocenters. The van der Waals surface area contributed by atoms with Gasteiger partial charge in [0.1, 0.15) is 5.75 Å². The van der Waals surface area contributed by atoms with E-state index in [2.05, 4.69) is 0 Å². The summed E-state index contributed by atoms with van der Waals surface area (Å²) in [5.74, 6) is 0.568. The van der Waals surface area contributed by atoms with Gasteiger partial charge in [0.15, 0.2) is 5.78 Å². The fraction of sp³-hybridized carbons (Fsp3) is 0.0625. The molecular weight excluding hydrogens is 295 g/mol. The van der Waals surface area contributed by atoms with Gasteiger partial charge in [0.25, 0.3) is 0 Å². The van der Waals surface area contributed by atoms with E-state index in [1.165, 1.54) is 6.08 Å². The highest BCUT2D eigenvalue weighted by Crippen LogP contribution is 2.22. The zero-order chi connectivity index (χ0) is 14.5. The third-order valence-corrected chi connectivity index (χ3v) is 3.27.